The maximum absolute atomic E-state index is 12.2. The summed E-state index contributed by atoms with van der Waals surface area (Å²) in [6.45, 7) is 7.66. The minimum Gasteiger partial charge on any atom is -0.362 e. The fourth-order valence-corrected chi connectivity index (χ4v) is 2.65. The van der Waals surface area contributed by atoms with E-state index in [0.29, 0.717) is 12.6 Å². The van der Waals surface area contributed by atoms with Gasteiger partial charge in [-0.2, -0.15) is 0 Å². The lowest BCUT2D eigenvalue weighted by Crippen LogP contribution is -2.41. The van der Waals surface area contributed by atoms with E-state index in [1.807, 2.05) is 32.8 Å². The molecule has 0 radical (unpaired) electrons. The van der Waals surface area contributed by atoms with Gasteiger partial charge in [-0.3, -0.25) is 4.79 Å². The summed E-state index contributed by atoms with van der Waals surface area (Å²) < 4.78 is 0. The van der Waals surface area contributed by atoms with Crippen molar-refractivity contribution < 1.29 is 4.79 Å². The highest BCUT2D eigenvalue weighted by atomic mass is 16.2. The first-order valence-electron chi connectivity index (χ1n) is 7.74. The van der Waals surface area contributed by atoms with Crippen LogP contribution in [0.2, 0.25) is 0 Å². The van der Waals surface area contributed by atoms with Crippen LogP contribution in [0.3, 0.4) is 0 Å². The van der Waals surface area contributed by atoms with Crippen LogP contribution in [0, 0.1) is 0 Å². The molecule has 0 saturated carbocycles. The van der Waals surface area contributed by atoms with Crippen LogP contribution >= 0.6 is 0 Å². The third-order valence-electron chi connectivity index (χ3n) is 4.52. The minimum atomic E-state index is 0.186. The number of likely N-dealkylation sites (N-methyl/N-ethyl adjacent to an activating group) is 1. The topological polar surface area (TPSA) is 35.6 Å². The average Bonchev–Trinajstić information content (AvgIpc) is 2.87. The molecule has 1 unspecified atom stereocenters. The average molecular weight is 289 g/mol. The standard InChI is InChI=1S/C17H27N3O/c1-12(2)19(5)17(21)11-20-9-8-15-10-14(13(3)18-4)6-7-16(15)20/h6-7,10,12-13,18H,8-9,11H2,1-5H3. The number of hydrogen-bond donors (Lipinski definition) is 1. The molecule has 1 amide bonds. The Morgan fingerprint density at radius 1 is 1.38 bits per heavy atom. The summed E-state index contributed by atoms with van der Waals surface area (Å²) in [6, 6.07) is 7.20. The van der Waals surface area contributed by atoms with Crippen LogP contribution in [0.4, 0.5) is 5.69 Å². The van der Waals surface area contributed by atoms with E-state index in [1.54, 1.807) is 0 Å². The van der Waals surface area contributed by atoms with Crippen LogP contribution < -0.4 is 10.2 Å². The fraction of sp³-hybridized carbons (Fsp3) is 0.588. The first-order chi connectivity index (χ1) is 9.93. The minimum absolute atomic E-state index is 0.186. The number of benzene rings is 1. The van der Waals surface area contributed by atoms with Crippen LogP contribution in [-0.2, 0) is 11.2 Å². The highest BCUT2D eigenvalue weighted by Crippen LogP contribution is 2.30. The molecule has 1 aromatic rings. The number of nitrogens with one attached hydrogen (secondary N) is 1. The van der Waals surface area contributed by atoms with Gasteiger partial charge in [0.25, 0.3) is 0 Å². The van der Waals surface area contributed by atoms with Crippen LogP contribution in [-0.4, -0.2) is 44.0 Å². The Hall–Kier alpha value is -1.55. The van der Waals surface area contributed by atoms with Gasteiger partial charge in [-0.05, 0) is 51.4 Å². The lowest BCUT2D eigenvalue weighted by Gasteiger charge is -2.26. The summed E-state index contributed by atoms with van der Waals surface area (Å²) in [4.78, 5) is 16.3. The van der Waals surface area contributed by atoms with Crippen molar-refractivity contribution in [1.82, 2.24) is 10.2 Å². The number of hydrogen-bond acceptors (Lipinski definition) is 3. The number of anilines is 1. The predicted octanol–water partition coefficient (Wildman–Crippen LogP) is 2.20. The first kappa shape index (κ1) is 15.8. The van der Waals surface area contributed by atoms with Crippen molar-refractivity contribution in [3.63, 3.8) is 0 Å². The smallest absolute Gasteiger partial charge is 0.242 e. The van der Waals surface area contributed by atoms with E-state index < -0.39 is 0 Å². The maximum Gasteiger partial charge on any atom is 0.242 e. The number of nitrogens with zero attached hydrogens (tertiary/aromatic N) is 2. The van der Waals surface area contributed by atoms with Gasteiger partial charge in [0.15, 0.2) is 0 Å². The molecule has 0 saturated heterocycles. The quantitative estimate of drug-likeness (QED) is 0.902. The number of carbonyl (C=O) groups excluding carboxylic acids is 1. The largest absolute Gasteiger partial charge is 0.362 e. The SMILES string of the molecule is CNC(C)c1ccc2c(c1)CCN2CC(=O)N(C)C(C)C. The molecule has 1 aliphatic heterocycles. The molecular weight excluding hydrogens is 262 g/mol. The number of rotatable bonds is 5. The summed E-state index contributed by atoms with van der Waals surface area (Å²) in [7, 11) is 3.85. The zero-order chi connectivity index (χ0) is 15.6. The lowest BCUT2D eigenvalue weighted by molar-refractivity contribution is -0.129. The van der Waals surface area contributed by atoms with Crippen LogP contribution in [0.1, 0.15) is 37.9 Å². The van der Waals surface area contributed by atoms with E-state index in [4.69, 9.17) is 0 Å². The molecule has 0 fully saturated rings. The molecule has 0 spiro atoms. The normalized spacial score (nSPS) is 15.2. The molecule has 1 aliphatic rings. The Morgan fingerprint density at radius 2 is 2.10 bits per heavy atom. The number of amides is 1. The predicted molar refractivity (Wildman–Crippen MR) is 87.7 cm³/mol. The maximum atomic E-state index is 12.2. The molecule has 1 N–H and O–H groups in total. The van der Waals surface area contributed by atoms with Crippen molar-refractivity contribution in [2.24, 2.45) is 0 Å². The summed E-state index contributed by atoms with van der Waals surface area (Å²) in [6.07, 6.45) is 1.03. The van der Waals surface area contributed by atoms with Gasteiger partial charge in [0.05, 0.1) is 6.54 Å². The van der Waals surface area contributed by atoms with E-state index in [1.165, 1.54) is 16.8 Å². The Balaban J connectivity index is 2.10. The van der Waals surface area contributed by atoms with Gasteiger partial charge in [0, 0.05) is 31.4 Å². The van der Waals surface area contributed by atoms with Gasteiger partial charge in [-0.25, -0.2) is 0 Å². The molecule has 1 heterocycles. The molecule has 1 aromatic carbocycles. The van der Waals surface area contributed by atoms with Gasteiger partial charge < -0.3 is 15.1 Å². The second-order valence-electron chi connectivity index (χ2n) is 6.17. The zero-order valence-electron chi connectivity index (χ0n) is 13.8. The highest BCUT2D eigenvalue weighted by Gasteiger charge is 2.23. The summed E-state index contributed by atoms with van der Waals surface area (Å²) >= 11 is 0. The monoisotopic (exact) mass is 289 g/mol. The second kappa shape index (κ2) is 6.48. The van der Waals surface area contributed by atoms with Gasteiger partial charge in [-0.1, -0.05) is 12.1 Å². The van der Waals surface area contributed by atoms with Crippen molar-refractivity contribution in [3.8, 4) is 0 Å². The highest BCUT2D eigenvalue weighted by molar-refractivity contribution is 5.82. The molecule has 4 nitrogen and oxygen atoms in total. The zero-order valence-corrected chi connectivity index (χ0v) is 13.8. The Bertz CT molecular complexity index is 513. The van der Waals surface area contributed by atoms with Crippen molar-refractivity contribution >= 4 is 11.6 Å². The third kappa shape index (κ3) is 3.38. The van der Waals surface area contributed by atoms with Crippen LogP contribution in [0.25, 0.3) is 0 Å². The van der Waals surface area contributed by atoms with E-state index in [2.05, 4.69) is 35.3 Å². The molecule has 116 valence electrons. The summed E-state index contributed by atoms with van der Waals surface area (Å²) in [5.41, 5.74) is 3.88. The summed E-state index contributed by atoms with van der Waals surface area (Å²) in [5.74, 6) is 0.186. The Kier molecular flexibility index (Phi) is 4.88. The van der Waals surface area contributed by atoms with Crippen LogP contribution in [0.15, 0.2) is 18.2 Å². The van der Waals surface area contributed by atoms with Crippen molar-refractivity contribution in [3.05, 3.63) is 29.3 Å². The third-order valence-corrected chi connectivity index (χ3v) is 4.52. The Labute approximate surface area is 128 Å². The molecule has 0 aliphatic carbocycles. The van der Waals surface area contributed by atoms with Gasteiger partial charge >= 0.3 is 0 Å². The number of carbonyl (C=O) groups is 1. The van der Waals surface area contributed by atoms with E-state index >= 15 is 0 Å². The molecule has 0 aromatic heterocycles. The van der Waals surface area contributed by atoms with Crippen molar-refractivity contribution in [2.75, 3.05) is 32.1 Å². The molecule has 21 heavy (non-hydrogen) atoms. The Morgan fingerprint density at radius 3 is 2.71 bits per heavy atom. The molecule has 0 bridgehead atoms. The molecule has 4 heteroatoms. The first-order valence-corrected chi connectivity index (χ1v) is 7.74. The molecule has 2 rings (SSSR count). The molecular formula is C17H27N3O. The van der Waals surface area contributed by atoms with Gasteiger partial charge in [0.2, 0.25) is 5.91 Å². The number of fused-ring (bicyclic) bond motifs is 1. The fourth-order valence-electron chi connectivity index (χ4n) is 2.65. The van der Waals surface area contributed by atoms with Crippen LogP contribution in [0.5, 0.6) is 0 Å². The van der Waals surface area contributed by atoms with Gasteiger partial charge in [0.1, 0.15) is 0 Å². The summed E-state index contributed by atoms with van der Waals surface area (Å²) in [5, 5.41) is 3.27. The van der Waals surface area contributed by atoms with Crippen molar-refractivity contribution in [2.45, 2.75) is 39.3 Å². The lowest BCUT2D eigenvalue weighted by atomic mass is 10.0. The van der Waals surface area contributed by atoms with E-state index in [0.717, 1.165) is 13.0 Å². The molecule has 1 atom stereocenters. The van der Waals surface area contributed by atoms with E-state index in [-0.39, 0.29) is 11.9 Å². The van der Waals surface area contributed by atoms with Gasteiger partial charge in [-0.15, -0.1) is 0 Å². The van der Waals surface area contributed by atoms with Crippen molar-refractivity contribution in [1.29, 1.82) is 0 Å². The second-order valence-corrected chi connectivity index (χ2v) is 6.17. The van der Waals surface area contributed by atoms with E-state index in [9.17, 15) is 4.79 Å².